The smallest absolute Gasteiger partial charge is 0.257 e. The molecule has 0 fully saturated rings. The lowest BCUT2D eigenvalue weighted by Gasteiger charge is -2.31. The van der Waals surface area contributed by atoms with E-state index in [-0.39, 0.29) is 11.8 Å². The molecule has 1 heterocycles. The van der Waals surface area contributed by atoms with Crippen LogP contribution in [0.1, 0.15) is 36.2 Å². The number of anilines is 2. The molecule has 0 bridgehead atoms. The van der Waals surface area contributed by atoms with Crippen LogP contribution in [0.4, 0.5) is 11.4 Å². The van der Waals surface area contributed by atoms with Crippen molar-refractivity contribution in [2.75, 3.05) is 16.8 Å². The molecule has 1 N–H and O–H groups in total. The molecule has 2 aromatic carbocycles. The summed E-state index contributed by atoms with van der Waals surface area (Å²) >= 11 is 12.0. The highest BCUT2D eigenvalue weighted by Gasteiger charge is 2.25. The number of carbonyl (C=O) groups is 2. The maximum atomic E-state index is 12.5. The first kappa shape index (κ1) is 18.7. The Labute approximate surface area is 163 Å². The van der Waals surface area contributed by atoms with Crippen molar-refractivity contribution in [3.8, 4) is 0 Å². The van der Waals surface area contributed by atoms with E-state index in [0.717, 1.165) is 11.3 Å². The number of carbonyl (C=O) groups excluding carboxylic acids is 2. The van der Waals surface area contributed by atoms with Crippen molar-refractivity contribution in [3.63, 3.8) is 0 Å². The number of rotatable bonds is 4. The molecule has 6 heteroatoms. The van der Waals surface area contributed by atoms with Crippen LogP contribution in [0.5, 0.6) is 0 Å². The van der Waals surface area contributed by atoms with Crippen LogP contribution in [0.25, 0.3) is 0 Å². The van der Waals surface area contributed by atoms with Crippen LogP contribution in [0, 0.1) is 5.92 Å². The molecule has 26 heavy (non-hydrogen) atoms. The number of halogens is 2. The topological polar surface area (TPSA) is 49.4 Å². The molecular formula is C20H20Cl2N2O2. The van der Waals surface area contributed by atoms with E-state index < -0.39 is 0 Å². The fourth-order valence-electron chi connectivity index (χ4n) is 3.07. The number of nitrogens with zero attached hydrogens (tertiary/aromatic N) is 1. The Hall–Kier alpha value is -2.04. The highest BCUT2D eigenvalue weighted by atomic mass is 35.5. The van der Waals surface area contributed by atoms with Crippen LogP contribution in [-0.4, -0.2) is 18.4 Å². The summed E-state index contributed by atoms with van der Waals surface area (Å²) in [5.74, 6) is 0.214. The van der Waals surface area contributed by atoms with Crippen molar-refractivity contribution in [2.45, 2.75) is 26.7 Å². The highest BCUT2D eigenvalue weighted by Crippen LogP contribution is 2.31. The zero-order chi connectivity index (χ0) is 18.8. The SMILES string of the molecule is CC(C)CN1C(=O)CCc2cc(NC(=O)c3cc(Cl)ccc3Cl)ccc21. The van der Waals surface area contributed by atoms with Crippen molar-refractivity contribution in [1.29, 1.82) is 0 Å². The molecule has 136 valence electrons. The monoisotopic (exact) mass is 390 g/mol. The van der Waals surface area contributed by atoms with Gasteiger partial charge in [-0.05, 0) is 54.3 Å². The lowest BCUT2D eigenvalue weighted by Crippen LogP contribution is -2.37. The van der Waals surface area contributed by atoms with Crippen LogP contribution in [0.2, 0.25) is 10.0 Å². The van der Waals surface area contributed by atoms with E-state index >= 15 is 0 Å². The maximum Gasteiger partial charge on any atom is 0.257 e. The second-order valence-electron chi connectivity index (χ2n) is 6.82. The first-order valence-corrected chi connectivity index (χ1v) is 9.30. The van der Waals surface area contributed by atoms with Crippen LogP contribution in [-0.2, 0) is 11.2 Å². The van der Waals surface area contributed by atoms with Gasteiger partial charge in [0.15, 0.2) is 0 Å². The number of hydrogen-bond acceptors (Lipinski definition) is 2. The first-order valence-electron chi connectivity index (χ1n) is 8.55. The third-order valence-corrected chi connectivity index (χ3v) is 4.82. The average molecular weight is 391 g/mol. The molecule has 0 unspecified atom stereocenters. The largest absolute Gasteiger partial charge is 0.322 e. The van der Waals surface area contributed by atoms with Gasteiger partial charge in [-0.2, -0.15) is 0 Å². The predicted octanol–water partition coefficient (Wildman–Crippen LogP) is 5.18. The van der Waals surface area contributed by atoms with Gasteiger partial charge in [0.2, 0.25) is 5.91 Å². The normalized spacial score (nSPS) is 13.7. The molecular weight excluding hydrogens is 371 g/mol. The lowest BCUT2D eigenvalue weighted by molar-refractivity contribution is -0.119. The van der Waals surface area contributed by atoms with Crippen molar-refractivity contribution >= 4 is 46.4 Å². The standard InChI is InChI=1S/C20H20Cl2N2O2/c1-12(2)11-24-18-7-5-15(9-13(18)3-8-19(24)25)23-20(26)16-10-14(21)4-6-17(16)22/h4-7,9-10,12H,3,8,11H2,1-2H3,(H,23,26). The van der Waals surface area contributed by atoms with Crippen molar-refractivity contribution in [1.82, 2.24) is 0 Å². The summed E-state index contributed by atoms with van der Waals surface area (Å²) in [4.78, 5) is 26.6. The van der Waals surface area contributed by atoms with Gasteiger partial charge in [0.25, 0.3) is 5.91 Å². The zero-order valence-electron chi connectivity index (χ0n) is 14.7. The molecule has 0 aromatic heterocycles. The number of benzene rings is 2. The zero-order valence-corrected chi connectivity index (χ0v) is 16.2. The van der Waals surface area contributed by atoms with E-state index in [1.807, 2.05) is 17.0 Å². The Bertz CT molecular complexity index is 865. The third kappa shape index (κ3) is 4.02. The fraction of sp³-hybridized carbons (Fsp3) is 0.300. The molecule has 4 nitrogen and oxygen atoms in total. The highest BCUT2D eigenvalue weighted by molar-refractivity contribution is 6.36. The number of nitrogens with one attached hydrogen (secondary N) is 1. The number of amides is 2. The van der Waals surface area contributed by atoms with Crippen LogP contribution in [0.3, 0.4) is 0 Å². The van der Waals surface area contributed by atoms with E-state index in [4.69, 9.17) is 23.2 Å². The van der Waals surface area contributed by atoms with E-state index in [0.29, 0.717) is 46.6 Å². The summed E-state index contributed by atoms with van der Waals surface area (Å²) in [6.07, 6.45) is 1.15. The third-order valence-electron chi connectivity index (χ3n) is 4.26. The summed E-state index contributed by atoms with van der Waals surface area (Å²) < 4.78 is 0. The Balaban J connectivity index is 1.84. The molecule has 0 radical (unpaired) electrons. The van der Waals surface area contributed by atoms with E-state index in [1.54, 1.807) is 24.3 Å². The van der Waals surface area contributed by atoms with Gasteiger partial charge in [0.1, 0.15) is 0 Å². The second kappa shape index (κ2) is 7.68. The average Bonchev–Trinajstić information content (AvgIpc) is 2.59. The molecule has 1 aliphatic rings. The van der Waals surface area contributed by atoms with E-state index in [1.165, 1.54) is 0 Å². The molecule has 1 aliphatic heterocycles. The Kier molecular flexibility index (Phi) is 5.54. The molecule has 0 saturated carbocycles. The number of hydrogen-bond donors (Lipinski definition) is 1. The number of fused-ring (bicyclic) bond motifs is 1. The van der Waals surface area contributed by atoms with Crippen LogP contribution < -0.4 is 10.2 Å². The van der Waals surface area contributed by atoms with Gasteiger partial charge in [0.05, 0.1) is 10.6 Å². The molecule has 0 saturated heterocycles. The Morgan fingerprint density at radius 3 is 2.65 bits per heavy atom. The first-order chi connectivity index (χ1) is 12.3. The summed E-state index contributed by atoms with van der Waals surface area (Å²) in [7, 11) is 0. The van der Waals surface area contributed by atoms with E-state index in [2.05, 4.69) is 19.2 Å². The van der Waals surface area contributed by atoms with E-state index in [9.17, 15) is 9.59 Å². The van der Waals surface area contributed by atoms with Crippen molar-refractivity contribution in [3.05, 3.63) is 57.6 Å². The van der Waals surface area contributed by atoms with Crippen LogP contribution >= 0.6 is 23.2 Å². The minimum absolute atomic E-state index is 0.147. The molecule has 0 atom stereocenters. The Morgan fingerprint density at radius 2 is 1.92 bits per heavy atom. The maximum absolute atomic E-state index is 12.5. The van der Waals surface area contributed by atoms with Gasteiger partial charge in [-0.3, -0.25) is 9.59 Å². The van der Waals surface area contributed by atoms with Gasteiger partial charge in [-0.15, -0.1) is 0 Å². The molecule has 0 aliphatic carbocycles. The van der Waals surface area contributed by atoms with Gasteiger partial charge in [-0.1, -0.05) is 37.0 Å². The second-order valence-corrected chi connectivity index (χ2v) is 7.66. The summed E-state index contributed by atoms with van der Waals surface area (Å²) in [6, 6.07) is 10.4. The minimum atomic E-state index is -0.316. The Morgan fingerprint density at radius 1 is 1.15 bits per heavy atom. The van der Waals surface area contributed by atoms with Gasteiger partial charge >= 0.3 is 0 Å². The quantitative estimate of drug-likeness (QED) is 0.781. The minimum Gasteiger partial charge on any atom is -0.322 e. The summed E-state index contributed by atoms with van der Waals surface area (Å²) in [5, 5.41) is 3.66. The predicted molar refractivity (Wildman–Crippen MR) is 106 cm³/mol. The summed E-state index contributed by atoms with van der Waals surface area (Å²) in [5.41, 5.74) is 2.98. The molecule has 2 amide bonds. The fourth-order valence-corrected chi connectivity index (χ4v) is 3.45. The molecule has 3 rings (SSSR count). The van der Waals surface area contributed by atoms with Crippen LogP contribution in [0.15, 0.2) is 36.4 Å². The molecule has 2 aromatic rings. The number of aryl methyl sites for hydroxylation is 1. The molecule has 0 spiro atoms. The van der Waals surface area contributed by atoms with Gasteiger partial charge in [0, 0.05) is 29.4 Å². The summed E-state index contributed by atoms with van der Waals surface area (Å²) in [6.45, 7) is 4.87. The lowest BCUT2D eigenvalue weighted by atomic mass is 9.99. The van der Waals surface area contributed by atoms with Gasteiger partial charge in [-0.25, -0.2) is 0 Å². The van der Waals surface area contributed by atoms with Crippen molar-refractivity contribution in [2.24, 2.45) is 5.92 Å². The van der Waals surface area contributed by atoms with Crippen molar-refractivity contribution < 1.29 is 9.59 Å². The van der Waals surface area contributed by atoms with Gasteiger partial charge < -0.3 is 10.2 Å².